The first-order chi connectivity index (χ1) is 9.52. The standard InChI is InChI=1S/C15H24N2O2S/c1-10(2)11-5-4-7-17(8-6-11)13-9-12(16)14(20-13)15(18)19-3/h9-11H,4-8,16H2,1-3H3. The number of anilines is 2. The zero-order valence-electron chi connectivity index (χ0n) is 12.5. The number of thiophene rings is 1. The Kier molecular flexibility index (Phi) is 4.91. The number of esters is 1. The Morgan fingerprint density at radius 1 is 1.45 bits per heavy atom. The summed E-state index contributed by atoms with van der Waals surface area (Å²) in [4.78, 5) is 14.5. The summed E-state index contributed by atoms with van der Waals surface area (Å²) in [7, 11) is 1.39. The van der Waals surface area contributed by atoms with E-state index in [0.29, 0.717) is 10.6 Å². The Morgan fingerprint density at radius 3 is 2.85 bits per heavy atom. The predicted molar refractivity (Wildman–Crippen MR) is 84.5 cm³/mol. The van der Waals surface area contributed by atoms with Crippen molar-refractivity contribution in [3.05, 3.63) is 10.9 Å². The molecule has 0 aromatic carbocycles. The normalized spacial score (nSPS) is 20.0. The van der Waals surface area contributed by atoms with E-state index in [-0.39, 0.29) is 5.97 Å². The molecular weight excluding hydrogens is 272 g/mol. The van der Waals surface area contributed by atoms with Gasteiger partial charge in [-0.1, -0.05) is 13.8 Å². The molecule has 20 heavy (non-hydrogen) atoms. The highest BCUT2D eigenvalue weighted by molar-refractivity contribution is 7.18. The van der Waals surface area contributed by atoms with Gasteiger partial charge < -0.3 is 15.4 Å². The van der Waals surface area contributed by atoms with E-state index in [2.05, 4.69) is 18.7 Å². The lowest BCUT2D eigenvalue weighted by Gasteiger charge is -2.21. The van der Waals surface area contributed by atoms with E-state index in [0.717, 1.165) is 29.9 Å². The molecule has 2 rings (SSSR count). The summed E-state index contributed by atoms with van der Waals surface area (Å²) in [6, 6.07) is 1.91. The second-order valence-corrected chi connectivity index (χ2v) is 6.81. The lowest BCUT2D eigenvalue weighted by atomic mass is 9.89. The van der Waals surface area contributed by atoms with Gasteiger partial charge in [-0.15, -0.1) is 11.3 Å². The zero-order valence-corrected chi connectivity index (χ0v) is 13.3. The molecule has 2 N–H and O–H groups in total. The molecule has 2 heterocycles. The number of carbonyl (C=O) groups is 1. The Hall–Kier alpha value is -1.23. The maximum atomic E-state index is 11.6. The van der Waals surface area contributed by atoms with Crippen LogP contribution in [0, 0.1) is 11.8 Å². The van der Waals surface area contributed by atoms with Gasteiger partial charge in [0.05, 0.1) is 17.8 Å². The van der Waals surface area contributed by atoms with Crippen LogP contribution in [0.3, 0.4) is 0 Å². The maximum absolute atomic E-state index is 11.6. The number of rotatable bonds is 3. The summed E-state index contributed by atoms with van der Waals surface area (Å²) in [5.41, 5.74) is 6.45. The highest BCUT2D eigenvalue weighted by atomic mass is 32.1. The van der Waals surface area contributed by atoms with Crippen LogP contribution < -0.4 is 10.6 Å². The monoisotopic (exact) mass is 296 g/mol. The quantitative estimate of drug-likeness (QED) is 0.869. The van der Waals surface area contributed by atoms with E-state index < -0.39 is 0 Å². The number of carbonyl (C=O) groups excluding carboxylic acids is 1. The fraction of sp³-hybridized carbons (Fsp3) is 0.667. The van der Waals surface area contributed by atoms with Crippen LogP contribution in [0.4, 0.5) is 10.7 Å². The summed E-state index contributed by atoms with van der Waals surface area (Å²) in [6.45, 7) is 6.70. The Labute approximate surface area is 124 Å². The Bertz CT molecular complexity index is 470. The number of nitrogens with two attached hydrogens (primary N) is 1. The summed E-state index contributed by atoms with van der Waals surface area (Å²) in [5, 5.41) is 1.09. The summed E-state index contributed by atoms with van der Waals surface area (Å²) >= 11 is 1.44. The van der Waals surface area contributed by atoms with E-state index in [1.54, 1.807) is 0 Å². The predicted octanol–water partition coefficient (Wildman–Crippen LogP) is 3.38. The van der Waals surface area contributed by atoms with Crippen LogP contribution in [0.5, 0.6) is 0 Å². The minimum absolute atomic E-state index is 0.339. The number of nitrogens with zero attached hydrogens (tertiary/aromatic N) is 1. The minimum Gasteiger partial charge on any atom is -0.465 e. The summed E-state index contributed by atoms with van der Waals surface area (Å²) in [6.07, 6.45) is 3.70. The molecule has 0 radical (unpaired) electrons. The van der Waals surface area contributed by atoms with Crippen molar-refractivity contribution in [1.82, 2.24) is 0 Å². The number of ether oxygens (including phenoxy) is 1. The molecule has 1 aromatic rings. The van der Waals surface area contributed by atoms with Crippen molar-refractivity contribution in [1.29, 1.82) is 0 Å². The lowest BCUT2D eigenvalue weighted by Crippen LogP contribution is -2.23. The Balaban J connectivity index is 2.10. The first kappa shape index (κ1) is 15.2. The molecule has 1 saturated heterocycles. The van der Waals surface area contributed by atoms with Crippen molar-refractivity contribution >= 4 is 28.0 Å². The minimum atomic E-state index is -0.339. The molecule has 1 aromatic heterocycles. The third kappa shape index (κ3) is 3.26. The van der Waals surface area contributed by atoms with Crippen molar-refractivity contribution in [3.8, 4) is 0 Å². The molecule has 0 saturated carbocycles. The molecule has 0 amide bonds. The number of hydrogen-bond acceptors (Lipinski definition) is 5. The second kappa shape index (κ2) is 6.48. The third-order valence-corrected chi connectivity index (χ3v) is 5.34. The van der Waals surface area contributed by atoms with Gasteiger partial charge in [0.15, 0.2) is 0 Å². The molecule has 0 aliphatic carbocycles. The average molecular weight is 296 g/mol. The first-order valence-corrected chi connectivity index (χ1v) is 8.07. The molecule has 1 aliphatic heterocycles. The highest BCUT2D eigenvalue weighted by Gasteiger charge is 2.22. The summed E-state index contributed by atoms with van der Waals surface area (Å²) in [5.74, 6) is 1.21. The fourth-order valence-electron chi connectivity index (χ4n) is 2.81. The van der Waals surface area contributed by atoms with Gasteiger partial charge in [0.25, 0.3) is 0 Å². The van der Waals surface area contributed by atoms with Crippen molar-refractivity contribution in [2.45, 2.75) is 33.1 Å². The van der Waals surface area contributed by atoms with Crippen molar-refractivity contribution in [2.24, 2.45) is 11.8 Å². The molecule has 0 spiro atoms. The molecule has 5 heteroatoms. The van der Waals surface area contributed by atoms with Crippen LogP contribution in [0.1, 0.15) is 42.8 Å². The van der Waals surface area contributed by atoms with E-state index >= 15 is 0 Å². The molecule has 1 aliphatic rings. The maximum Gasteiger partial charge on any atom is 0.350 e. The zero-order chi connectivity index (χ0) is 14.7. The Morgan fingerprint density at radius 2 is 2.20 bits per heavy atom. The van der Waals surface area contributed by atoms with Crippen LogP contribution in [-0.4, -0.2) is 26.2 Å². The van der Waals surface area contributed by atoms with Crippen LogP contribution in [0.15, 0.2) is 6.07 Å². The van der Waals surface area contributed by atoms with Gasteiger partial charge in [-0.05, 0) is 37.2 Å². The molecule has 4 nitrogen and oxygen atoms in total. The summed E-state index contributed by atoms with van der Waals surface area (Å²) < 4.78 is 4.76. The van der Waals surface area contributed by atoms with Crippen molar-refractivity contribution in [3.63, 3.8) is 0 Å². The number of nitrogen functional groups attached to an aromatic ring is 1. The molecule has 1 atom stereocenters. The largest absolute Gasteiger partial charge is 0.465 e. The SMILES string of the molecule is COC(=O)c1sc(N2CCCC(C(C)C)CC2)cc1N. The lowest BCUT2D eigenvalue weighted by molar-refractivity contribution is 0.0607. The van der Waals surface area contributed by atoms with Crippen LogP contribution in [-0.2, 0) is 4.74 Å². The topological polar surface area (TPSA) is 55.6 Å². The van der Waals surface area contributed by atoms with Gasteiger partial charge in [-0.25, -0.2) is 4.79 Å². The van der Waals surface area contributed by atoms with E-state index in [1.165, 1.54) is 37.7 Å². The van der Waals surface area contributed by atoms with Crippen LogP contribution >= 0.6 is 11.3 Å². The van der Waals surface area contributed by atoms with Gasteiger partial charge in [-0.3, -0.25) is 0 Å². The van der Waals surface area contributed by atoms with Gasteiger partial charge >= 0.3 is 5.97 Å². The van der Waals surface area contributed by atoms with Crippen LogP contribution in [0.2, 0.25) is 0 Å². The number of methoxy groups -OCH3 is 1. The molecule has 1 fully saturated rings. The third-order valence-electron chi connectivity index (χ3n) is 4.15. The van der Waals surface area contributed by atoms with Gasteiger partial charge in [0.1, 0.15) is 4.88 Å². The number of hydrogen-bond donors (Lipinski definition) is 1. The molecular formula is C15H24N2O2S. The van der Waals surface area contributed by atoms with Gasteiger partial charge in [0, 0.05) is 13.1 Å². The fourth-order valence-corrected chi connectivity index (χ4v) is 3.86. The highest BCUT2D eigenvalue weighted by Crippen LogP contribution is 2.35. The van der Waals surface area contributed by atoms with Crippen molar-refractivity contribution in [2.75, 3.05) is 30.8 Å². The first-order valence-electron chi connectivity index (χ1n) is 7.25. The van der Waals surface area contributed by atoms with Gasteiger partial charge in [-0.2, -0.15) is 0 Å². The molecule has 0 bridgehead atoms. The van der Waals surface area contributed by atoms with Crippen LogP contribution in [0.25, 0.3) is 0 Å². The average Bonchev–Trinajstić information content (AvgIpc) is 2.65. The molecule has 112 valence electrons. The van der Waals surface area contributed by atoms with Crippen molar-refractivity contribution < 1.29 is 9.53 Å². The molecule has 1 unspecified atom stereocenters. The van der Waals surface area contributed by atoms with E-state index in [1.807, 2.05) is 6.07 Å². The van der Waals surface area contributed by atoms with Gasteiger partial charge in [0.2, 0.25) is 0 Å². The smallest absolute Gasteiger partial charge is 0.350 e. The van der Waals surface area contributed by atoms with E-state index in [4.69, 9.17) is 10.5 Å². The second-order valence-electron chi connectivity index (χ2n) is 5.78. The van der Waals surface area contributed by atoms with E-state index in [9.17, 15) is 4.79 Å².